The third-order valence-electron chi connectivity index (χ3n) is 1.77. The average Bonchev–Trinajstić information content (AvgIpc) is 2.20. The van der Waals surface area contributed by atoms with Gasteiger partial charge in [0.1, 0.15) is 5.56 Å². The van der Waals surface area contributed by atoms with Gasteiger partial charge in [-0.15, -0.1) is 0 Å². The summed E-state index contributed by atoms with van der Waals surface area (Å²) in [7, 11) is 2.23. The monoisotopic (exact) mass is 218 g/mol. The van der Waals surface area contributed by atoms with Gasteiger partial charge in [0.05, 0.1) is 14.2 Å². The van der Waals surface area contributed by atoms with E-state index in [2.05, 4.69) is 9.47 Å². The van der Waals surface area contributed by atoms with Gasteiger partial charge in [-0.1, -0.05) is 0 Å². The van der Waals surface area contributed by atoms with Gasteiger partial charge >= 0.3 is 5.97 Å². The van der Waals surface area contributed by atoms with Gasteiger partial charge < -0.3 is 14.6 Å². The molecule has 82 valence electrons. The second kappa shape index (κ2) is 4.12. The molecule has 4 nitrogen and oxygen atoms in total. The van der Waals surface area contributed by atoms with Crippen molar-refractivity contribution in [2.24, 2.45) is 0 Å². The molecular formula is C9H8F2O4. The Hall–Kier alpha value is -1.85. The van der Waals surface area contributed by atoms with Crippen molar-refractivity contribution in [1.29, 1.82) is 0 Å². The highest BCUT2D eigenvalue weighted by Crippen LogP contribution is 2.35. The molecule has 15 heavy (non-hydrogen) atoms. The molecule has 0 aliphatic heterocycles. The first kappa shape index (κ1) is 11.2. The first-order valence-corrected chi connectivity index (χ1v) is 3.86. The Morgan fingerprint density at radius 2 is 1.80 bits per heavy atom. The molecule has 0 aliphatic carbocycles. The molecule has 0 atom stereocenters. The molecule has 0 unspecified atom stereocenters. The normalized spacial score (nSPS) is 9.87. The Balaban J connectivity index is 3.54. The maximum Gasteiger partial charge on any atom is 0.339 e. The molecule has 0 aromatic heterocycles. The molecule has 0 heterocycles. The lowest BCUT2D eigenvalue weighted by atomic mass is 10.1. The molecule has 0 spiro atoms. The Bertz CT molecular complexity index is 404. The summed E-state index contributed by atoms with van der Waals surface area (Å²) in [5.74, 6) is -4.91. The average molecular weight is 218 g/mol. The first-order valence-electron chi connectivity index (χ1n) is 3.86. The van der Waals surface area contributed by atoms with Crippen LogP contribution in [0.15, 0.2) is 6.07 Å². The summed E-state index contributed by atoms with van der Waals surface area (Å²) in [6.45, 7) is 0. The number of hydrogen-bond acceptors (Lipinski definition) is 3. The van der Waals surface area contributed by atoms with E-state index in [1.54, 1.807) is 0 Å². The van der Waals surface area contributed by atoms with Gasteiger partial charge in [-0.25, -0.2) is 9.18 Å². The first-order chi connectivity index (χ1) is 7.02. The van der Waals surface area contributed by atoms with E-state index in [1.807, 2.05) is 0 Å². The van der Waals surface area contributed by atoms with Gasteiger partial charge in [0.25, 0.3) is 0 Å². The highest BCUT2D eigenvalue weighted by atomic mass is 19.2. The van der Waals surface area contributed by atoms with Crippen LogP contribution < -0.4 is 9.47 Å². The summed E-state index contributed by atoms with van der Waals surface area (Å²) in [6.07, 6.45) is 0. The highest BCUT2D eigenvalue weighted by molar-refractivity contribution is 5.92. The lowest BCUT2D eigenvalue weighted by molar-refractivity contribution is 0.0691. The summed E-state index contributed by atoms with van der Waals surface area (Å²) in [5.41, 5.74) is -0.492. The highest BCUT2D eigenvalue weighted by Gasteiger charge is 2.23. The molecule has 0 saturated carbocycles. The SMILES string of the molecule is COc1c(C(=O)O)cc(F)c(F)c1OC. The van der Waals surface area contributed by atoms with Crippen molar-refractivity contribution in [3.63, 3.8) is 0 Å². The van der Waals surface area contributed by atoms with E-state index in [0.717, 1.165) is 14.2 Å². The predicted octanol–water partition coefficient (Wildman–Crippen LogP) is 1.68. The van der Waals surface area contributed by atoms with Crippen LogP contribution in [-0.4, -0.2) is 25.3 Å². The molecule has 1 aromatic carbocycles. The van der Waals surface area contributed by atoms with E-state index in [4.69, 9.17) is 5.11 Å². The van der Waals surface area contributed by atoms with E-state index >= 15 is 0 Å². The van der Waals surface area contributed by atoms with Crippen LogP contribution in [0.3, 0.4) is 0 Å². The molecule has 0 saturated heterocycles. The summed E-state index contributed by atoms with van der Waals surface area (Å²) >= 11 is 0. The van der Waals surface area contributed by atoms with E-state index in [9.17, 15) is 13.6 Å². The van der Waals surface area contributed by atoms with E-state index in [-0.39, 0.29) is 5.75 Å². The molecule has 1 aromatic rings. The number of carbonyl (C=O) groups is 1. The minimum absolute atomic E-state index is 0.344. The fourth-order valence-electron chi connectivity index (χ4n) is 1.13. The van der Waals surface area contributed by atoms with Crippen molar-refractivity contribution in [3.8, 4) is 11.5 Å². The zero-order valence-corrected chi connectivity index (χ0v) is 8.01. The quantitative estimate of drug-likeness (QED) is 0.838. The minimum Gasteiger partial charge on any atom is -0.492 e. The number of benzene rings is 1. The fraction of sp³-hybridized carbons (Fsp3) is 0.222. The predicted molar refractivity (Wildman–Crippen MR) is 46.4 cm³/mol. The summed E-state index contributed by atoms with van der Waals surface area (Å²) in [4.78, 5) is 10.7. The van der Waals surface area contributed by atoms with E-state index in [1.165, 1.54) is 0 Å². The van der Waals surface area contributed by atoms with Crippen molar-refractivity contribution < 1.29 is 28.2 Å². The van der Waals surface area contributed by atoms with Crippen molar-refractivity contribution in [1.82, 2.24) is 0 Å². The molecule has 1 N–H and O–H groups in total. The van der Waals surface area contributed by atoms with Gasteiger partial charge in [0.2, 0.25) is 11.6 Å². The number of carboxylic acid groups (broad SMARTS) is 1. The van der Waals surface area contributed by atoms with Gasteiger partial charge in [-0.05, 0) is 6.07 Å². The molecule has 0 radical (unpaired) electrons. The largest absolute Gasteiger partial charge is 0.492 e. The number of methoxy groups -OCH3 is 2. The number of halogens is 2. The van der Waals surface area contributed by atoms with Crippen molar-refractivity contribution in [2.45, 2.75) is 0 Å². The lowest BCUT2D eigenvalue weighted by Gasteiger charge is -2.11. The second-order valence-corrected chi connectivity index (χ2v) is 2.59. The second-order valence-electron chi connectivity index (χ2n) is 2.59. The maximum atomic E-state index is 13.1. The molecule has 0 amide bonds. The summed E-state index contributed by atoms with van der Waals surface area (Å²) in [6, 6.07) is 0.541. The van der Waals surface area contributed by atoms with E-state index in [0.29, 0.717) is 6.07 Å². The molecule has 6 heteroatoms. The third-order valence-corrected chi connectivity index (χ3v) is 1.77. The molecule has 0 bridgehead atoms. The van der Waals surface area contributed by atoms with Crippen LogP contribution in [0, 0.1) is 11.6 Å². The van der Waals surface area contributed by atoms with Crippen LogP contribution in [0.2, 0.25) is 0 Å². The molecule has 0 fully saturated rings. The smallest absolute Gasteiger partial charge is 0.339 e. The molecular weight excluding hydrogens is 210 g/mol. The number of ether oxygens (including phenoxy) is 2. The Kier molecular flexibility index (Phi) is 3.08. The standard InChI is InChI=1S/C9H8F2O4/c1-14-7-4(9(12)13)3-5(10)6(11)8(7)15-2/h3H,1-2H3,(H,12,13). The topological polar surface area (TPSA) is 55.8 Å². The number of rotatable bonds is 3. The summed E-state index contributed by atoms with van der Waals surface area (Å²) < 4.78 is 35.2. The number of aromatic carboxylic acids is 1. The Morgan fingerprint density at radius 1 is 1.27 bits per heavy atom. The summed E-state index contributed by atoms with van der Waals surface area (Å²) in [5, 5.41) is 8.71. The van der Waals surface area contributed by atoms with Crippen molar-refractivity contribution in [3.05, 3.63) is 23.3 Å². The van der Waals surface area contributed by atoms with Gasteiger partial charge in [0.15, 0.2) is 11.6 Å². The number of hydrogen-bond donors (Lipinski definition) is 1. The fourth-order valence-corrected chi connectivity index (χ4v) is 1.13. The van der Waals surface area contributed by atoms with Crippen LogP contribution in [-0.2, 0) is 0 Å². The number of carboxylic acids is 1. The maximum absolute atomic E-state index is 13.1. The van der Waals surface area contributed by atoms with E-state index < -0.39 is 28.9 Å². The molecule has 0 aliphatic rings. The van der Waals surface area contributed by atoms with Crippen LogP contribution in [0.5, 0.6) is 11.5 Å². The Labute approximate surface area is 84.0 Å². The van der Waals surface area contributed by atoms with Gasteiger partial charge in [-0.2, -0.15) is 4.39 Å². The van der Waals surface area contributed by atoms with Crippen LogP contribution in [0.1, 0.15) is 10.4 Å². The van der Waals surface area contributed by atoms with Gasteiger partial charge in [0, 0.05) is 0 Å². The van der Waals surface area contributed by atoms with Crippen LogP contribution >= 0.6 is 0 Å². The minimum atomic E-state index is -1.43. The van der Waals surface area contributed by atoms with Crippen LogP contribution in [0.25, 0.3) is 0 Å². The third kappa shape index (κ3) is 1.83. The Morgan fingerprint density at radius 3 is 2.20 bits per heavy atom. The zero-order valence-electron chi connectivity index (χ0n) is 8.01. The van der Waals surface area contributed by atoms with Crippen molar-refractivity contribution >= 4 is 5.97 Å². The van der Waals surface area contributed by atoms with Gasteiger partial charge in [-0.3, -0.25) is 0 Å². The zero-order chi connectivity index (χ0) is 11.6. The lowest BCUT2D eigenvalue weighted by Crippen LogP contribution is -2.05. The molecule has 1 rings (SSSR count). The van der Waals surface area contributed by atoms with Crippen molar-refractivity contribution in [2.75, 3.05) is 14.2 Å². The van der Waals surface area contributed by atoms with Crippen LogP contribution in [0.4, 0.5) is 8.78 Å².